The van der Waals surface area contributed by atoms with E-state index in [-0.39, 0.29) is 18.0 Å². The number of carbonyl (C=O) groups is 1. The smallest absolute Gasteiger partial charge is 0.167 e. The number of thioether (sulfide) groups is 1. The first kappa shape index (κ1) is 12.8. The molecule has 2 aromatic carbocycles. The molecule has 0 atom stereocenters. The van der Waals surface area contributed by atoms with Gasteiger partial charge in [-0.2, -0.15) is 0 Å². The Morgan fingerprint density at radius 3 is 2.50 bits per heavy atom. The molecule has 0 unspecified atom stereocenters. The van der Waals surface area contributed by atoms with Crippen molar-refractivity contribution in [3.63, 3.8) is 0 Å². The summed E-state index contributed by atoms with van der Waals surface area (Å²) in [6, 6.07) is 14.0. The van der Waals surface area contributed by atoms with Gasteiger partial charge in [-0.25, -0.2) is 4.39 Å². The van der Waals surface area contributed by atoms with Gasteiger partial charge in [0.1, 0.15) is 5.82 Å². The van der Waals surface area contributed by atoms with Crippen molar-refractivity contribution in [1.29, 1.82) is 0 Å². The van der Waals surface area contributed by atoms with Gasteiger partial charge in [-0.3, -0.25) is 4.79 Å². The maximum Gasteiger partial charge on any atom is 0.167 e. The van der Waals surface area contributed by atoms with Crippen LogP contribution < -0.4 is 0 Å². The average molecular weight is 260 g/mol. The van der Waals surface area contributed by atoms with E-state index < -0.39 is 0 Å². The summed E-state index contributed by atoms with van der Waals surface area (Å²) < 4.78 is 13.6. The Kier molecular flexibility index (Phi) is 4.15. The summed E-state index contributed by atoms with van der Waals surface area (Å²) in [4.78, 5) is 12.6. The van der Waals surface area contributed by atoms with Crippen LogP contribution in [0.25, 0.3) is 0 Å². The van der Waals surface area contributed by atoms with E-state index in [4.69, 9.17) is 0 Å². The van der Waals surface area contributed by atoms with Crippen molar-refractivity contribution in [3.8, 4) is 0 Å². The number of hydrogen-bond acceptors (Lipinski definition) is 2. The third kappa shape index (κ3) is 2.99. The highest BCUT2D eigenvalue weighted by Gasteiger charge is 2.08. The topological polar surface area (TPSA) is 17.1 Å². The van der Waals surface area contributed by atoms with Gasteiger partial charge in [0.25, 0.3) is 0 Å². The van der Waals surface area contributed by atoms with Crippen LogP contribution >= 0.6 is 11.8 Å². The average Bonchev–Trinajstić information content (AvgIpc) is 2.40. The quantitative estimate of drug-likeness (QED) is 0.611. The minimum atomic E-state index is -0.263. The molecule has 0 heterocycles. The van der Waals surface area contributed by atoms with Crippen LogP contribution in [0.5, 0.6) is 0 Å². The summed E-state index contributed by atoms with van der Waals surface area (Å²) in [6.07, 6.45) is 2.06. The lowest BCUT2D eigenvalue weighted by Gasteiger charge is -2.04. The maximum absolute atomic E-state index is 13.6. The lowest BCUT2D eigenvalue weighted by atomic mass is 10.0. The fourth-order valence-electron chi connectivity index (χ4n) is 1.73. The summed E-state index contributed by atoms with van der Waals surface area (Å²) in [5, 5.41) is 0. The van der Waals surface area contributed by atoms with Gasteiger partial charge in [-0.05, 0) is 24.0 Å². The monoisotopic (exact) mass is 260 g/mol. The van der Waals surface area contributed by atoms with E-state index >= 15 is 0 Å². The molecule has 0 aromatic heterocycles. The molecular weight excluding hydrogens is 247 g/mol. The van der Waals surface area contributed by atoms with Crippen LogP contribution in [0.15, 0.2) is 53.4 Å². The van der Waals surface area contributed by atoms with Crippen molar-refractivity contribution in [2.24, 2.45) is 0 Å². The molecule has 0 aliphatic rings. The van der Waals surface area contributed by atoms with Gasteiger partial charge in [0, 0.05) is 16.9 Å². The maximum atomic E-state index is 13.6. The third-order valence-corrected chi connectivity index (χ3v) is 3.45. The predicted molar refractivity (Wildman–Crippen MR) is 72.7 cm³/mol. The highest BCUT2D eigenvalue weighted by Crippen LogP contribution is 2.20. The Bertz CT molecular complexity index is 552. The van der Waals surface area contributed by atoms with Crippen LogP contribution in [0, 0.1) is 5.82 Å². The summed E-state index contributed by atoms with van der Waals surface area (Å²) in [5.41, 5.74) is 1.37. The third-order valence-electron chi connectivity index (χ3n) is 2.68. The van der Waals surface area contributed by atoms with Gasteiger partial charge >= 0.3 is 0 Å². The van der Waals surface area contributed by atoms with Crippen molar-refractivity contribution in [2.45, 2.75) is 11.3 Å². The number of Topliss-reactive ketones (excluding diaryl/α,β-unsaturated/α-hetero) is 1. The SMILES string of the molecule is CSc1ccc(CC(=O)c2ccccc2)cc1F. The summed E-state index contributed by atoms with van der Waals surface area (Å²) in [6.45, 7) is 0. The summed E-state index contributed by atoms with van der Waals surface area (Å²) in [7, 11) is 0. The van der Waals surface area contributed by atoms with Gasteiger partial charge in [-0.15, -0.1) is 11.8 Å². The van der Waals surface area contributed by atoms with Gasteiger partial charge in [0.15, 0.2) is 5.78 Å². The fraction of sp³-hybridized carbons (Fsp3) is 0.133. The molecule has 0 fully saturated rings. The van der Waals surface area contributed by atoms with E-state index in [1.165, 1.54) is 17.8 Å². The second-order valence-electron chi connectivity index (χ2n) is 3.93. The van der Waals surface area contributed by atoms with E-state index in [1.807, 2.05) is 24.5 Å². The van der Waals surface area contributed by atoms with Crippen molar-refractivity contribution in [3.05, 3.63) is 65.5 Å². The van der Waals surface area contributed by atoms with E-state index in [0.717, 1.165) is 0 Å². The minimum absolute atomic E-state index is 0.00639. The number of halogens is 1. The van der Waals surface area contributed by atoms with Crippen molar-refractivity contribution < 1.29 is 9.18 Å². The molecule has 0 aliphatic carbocycles. The number of benzene rings is 2. The first-order valence-electron chi connectivity index (χ1n) is 5.61. The predicted octanol–water partition coefficient (Wildman–Crippen LogP) is 3.97. The molecule has 3 heteroatoms. The van der Waals surface area contributed by atoms with Gasteiger partial charge in [0.05, 0.1) is 0 Å². The summed E-state index contributed by atoms with van der Waals surface area (Å²) in [5.74, 6) is -0.257. The number of hydrogen-bond donors (Lipinski definition) is 0. The van der Waals surface area contributed by atoms with Crippen LogP contribution in [0.1, 0.15) is 15.9 Å². The molecule has 0 amide bonds. The Hall–Kier alpha value is -1.61. The normalized spacial score (nSPS) is 10.3. The number of ketones is 1. The minimum Gasteiger partial charge on any atom is -0.294 e. The van der Waals surface area contributed by atoms with Gasteiger partial charge in [-0.1, -0.05) is 36.4 Å². The molecule has 0 spiro atoms. The molecule has 0 saturated carbocycles. The van der Waals surface area contributed by atoms with Crippen LogP contribution in [-0.4, -0.2) is 12.0 Å². The van der Waals surface area contributed by atoms with Gasteiger partial charge in [0.2, 0.25) is 0 Å². The van der Waals surface area contributed by atoms with Crippen LogP contribution in [0.3, 0.4) is 0 Å². The fourth-order valence-corrected chi connectivity index (χ4v) is 2.19. The van der Waals surface area contributed by atoms with E-state index in [2.05, 4.69) is 0 Å². The molecule has 92 valence electrons. The molecule has 0 radical (unpaired) electrons. The van der Waals surface area contributed by atoms with Crippen molar-refractivity contribution in [2.75, 3.05) is 6.26 Å². The van der Waals surface area contributed by atoms with E-state index in [9.17, 15) is 9.18 Å². The molecule has 18 heavy (non-hydrogen) atoms. The van der Waals surface area contributed by atoms with Crippen molar-refractivity contribution in [1.82, 2.24) is 0 Å². The van der Waals surface area contributed by atoms with Crippen LogP contribution in [0.2, 0.25) is 0 Å². The first-order valence-corrected chi connectivity index (χ1v) is 6.84. The molecule has 2 rings (SSSR count). The van der Waals surface area contributed by atoms with E-state index in [0.29, 0.717) is 16.0 Å². The van der Waals surface area contributed by atoms with E-state index in [1.54, 1.807) is 24.3 Å². The molecule has 0 aliphatic heterocycles. The Labute approximate surface area is 110 Å². The second kappa shape index (κ2) is 5.83. The zero-order valence-corrected chi connectivity index (χ0v) is 10.8. The molecule has 0 bridgehead atoms. The molecule has 1 nitrogen and oxygen atoms in total. The van der Waals surface area contributed by atoms with Crippen LogP contribution in [-0.2, 0) is 6.42 Å². The number of rotatable bonds is 4. The molecule has 2 aromatic rings. The Balaban J connectivity index is 2.15. The van der Waals surface area contributed by atoms with Crippen molar-refractivity contribution >= 4 is 17.5 Å². The van der Waals surface area contributed by atoms with Gasteiger partial charge < -0.3 is 0 Å². The Morgan fingerprint density at radius 1 is 1.17 bits per heavy atom. The zero-order chi connectivity index (χ0) is 13.0. The Morgan fingerprint density at radius 2 is 1.89 bits per heavy atom. The second-order valence-corrected chi connectivity index (χ2v) is 4.78. The number of carbonyl (C=O) groups excluding carboxylic acids is 1. The van der Waals surface area contributed by atoms with Crippen LogP contribution in [0.4, 0.5) is 4.39 Å². The standard InChI is InChI=1S/C15H13FOS/c1-18-15-8-7-11(9-13(15)16)10-14(17)12-5-3-2-4-6-12/h2-9H,10H2,1H3. The highest BCUT2D eigenvalue weighted by molar-refractivity contribution is 7.98. The lowest BCUT2D eigenvalue weighted by molar-refractivity contribution is 0.0993. The summed E-state index contributed by atoms with van der Waals surface area (Å²) >= 11 is 1.36. The molecule has 0 N–H and O–H groups in total. The highest BCUT2D eigenvalue weighted by atomic mass is 32.2. The molecular formula is C15H13FOS. The lowest BCUT2D eigenvalue weighted by Crippen LogP contribution is -2.03. The molecule has 0 saturated heterocycles. The zero-order valence-electron chi connectivity index (χ0n) is 10.0. The first-order chi connectivity index (χ1) is 8.70. The largest absolute Gasteiger partial charge is 0.294 e.